The third-order valence-corrected chi connectivity index (χ3v) is 2.88. The Bertz CT molecular complexity index is 364. The van der Waals surface area contributed by atoms with Gasteiger partial charge in [0.2, 0.25) is 0 Å². The summed E-state index contributed by atoms with van der Waals surface area (Å²) >= 11 is 3.34. The lowest BCUT2D eigenvalue weighted by molar-refractivity contribution is 0.112. The van der Waals surface area contributed by atoms with Crippen LogP contribution in [0.1, 0.15) is 36.7 Å². The molecule has 0 aliphatic heterocycles. The van der Waals surface area contributed by atoms with Crippen LogP contribution in [0.5, 0.6) is 5.75 Å². The molecule has 0 spiro atoms. The summed E-state index contributed by atoms with van der Waals surface area (Å²) in [6.45, 7) is 5.96. The van der Waals surface area contributed by atoms with Crippen LogP contribution in [-0.2, 0) is 5.41 Å². The van der Waals surface area contributed by atoms with Crippen molar-refractivity contribution in [2.75, 3.05) is 0 Å². The monoisotopic (exact) mass is 256 g/mol. The lowest BCUT2D eigenvalue weighted by Crippen LogP contribution is -2.13. The van der Waals surface area contributed by atoms with E-state index in [0.29, 0.717) is 10.0 Å². The normalized spacial score (nSPS) is 11.4. The maximum atomic E-state index is 10.7. The van der Waals surface area contributed by atoms with Gasteiger partial charge in [0.1, 0.15) is 5.75 Å². The standard InChI is InChI=1S/C11H13BrO2/c1-11(2,3)9-8(14)5-4-7(6-13)10(9)12/h4-6,14H,1-3H3. The number of benzene rings is 1. The molecule has 76 valence electrons. The SMILES string of the molecule is CC(C)(C)c1c(O)ccc(C=O)c1Br. The summed E-state index contributed by atoms with van der Waals surface area (Å²) in [4.78, 5) is 10.7. The van der Waals surface area contributed by atoms with Gasteiger partial charge in [0.05, 0.1) is 0 Å². The van der Waals surface area contributed by atoms with Crippen molar-refractivity contribution in [3.63, 3.8) is 0 Å². The first-order valence-corrected chi connectivity index (χ1v) is 5.14. The van der Waals surface area contributed by atoms with Crippen LogP contribution in [0, 0.1) is 0 Å². The fourth-order valence-corrected chi connectivity index (χ4v) is 2.41. The number of phenolic OH excluding ortho intramolecular Hbond substituents is 1. The van der Waals surface area contributed by atoms with Crippen molar-refractivity contribution in [3.8, 4) is 5.75 Å². The number of aromatic hydroxyl groups is 1. The number of aldehydes is 1. The zero-order valence-corrected chi connectivity index (χ0v) is 10.1. The molecule has 1 N–H and O–H groups in total. The molecule has 0 aromatic heterocycles. The van der Waals surface area contributed by atoms with E-state index in [1.807, 2.05) is 20.8 Å². The highest BCUT2D eigenvalue weighted by atomic mass is 79.9. The van der Waals surface area contributed by atoms with Crippen molar-refractivity contribution in [3.05, 3.63) is 27.7 Å². The van der Waals surface area contributed by atoms with Gasteiger partial charge in [-0.05, 0) is 33.5 Å². The summed E-state index contributed by atoms with van der Waals surface area (Å²) in [5, 5.41) is 9.70. The number of halogens is 1. The Balaban J connectivity index is 3.48. The predicted octanol–water partition coefficient (Wildman–Crippen LogP) is 3.26. The lowest BCUT2D eigenvalue weighted by atomic mass is 9.85. The van der Waals surface area contributed by atoms with Crippen LogP contribution in [0.25, 0.3) is 0 Å². The molecule has 0 aliphatic carbocycles. The van der Waals surface area contributed by atoms with E-state index in [1.54, 1.807) is 12.1 Å². The molecule has 0 radical (unpaired) electrons. The Morgan fingerprint density at radius 3 is 2.36 bits per heavy atom. The summed E-state index contributed by atoms with van der Waals surface area (Å²) < 4.78 is 0.681. The first-order valence-electron chi connectivity index (χ1n) is 4.35. The van der Waals surface area contributed by atoms with E-state index in [2.05, 4.69) is 15.9 Å². The molecule has 2 nitrogen and oxygen atoms in total. The second-order valence-corrected chi connectivity index (χ2v) is 5.02. The zero-order chi connectivity index (χ0) is 10.9. The van der Waals surface area contributed by atoms with Crippen molar-refractivity contribution in [2.24, 2.45) is 0 Å². The number of hydrogen-bond donors (Lipinski definition) is 1. The molecule has 0 saturated carbocycles. The molecular weight excluding hydrogens is 244 g/mol. The van der Waals surface area contributed by atoms with Gasteiger partial charge in [-0.2, -0.15) is 0 Å². The Kier molecular flexibility index (Phi) is 3.00. The molecule has 3 heteroatoms. The third kappa shape index (κ3) is 1.98. The van der Waals surface area contributed by atoms with Gasteiger partial charge in [0, 0.05) is 15.6 Å². The summed E-state index contributed by atoms with van der Waals surface area (Å²) in [5.41, 5.74) is 1.14. The largest absolute Gasteiger partial charge is 0.508 e. The van der Waals surface area contributed by atoms with Crippen LogP contribution in [-0.4, -0.2) is 11.4 Å². The van der Waals surface area contributed by atoms with E-state index in [9.17, 15) is 9.90 Å². The first-order chi connectivity index (χ1) is 6.38. The average molecular weight is 257 g/mol. The predicted molar refractivity (Wildman–Crippen MR) is 59.9 cm³/mol. The minimum Gasteiger partial charge on any atom is -0.508 e. The molecule has 0 atom stereocenters. The van der Waals surface area contributed by atoms with Crippen LogP contribution in [0.2, 0.25) is 0 Å². The first kappa shape index (κ1) is 11.2. The van der Waals surface area contributed by atoms with E-state index < -0.39 is 0 Å². The smallest absolute Gasteiger partial charge is 0.151 e. The Morgan fingerprint density at radius 1 is 1.36 bits per heavy atom. The molecule has 0 unspecified atom stereocenters. The van der Waals surface area contributed by atoms with Crippen LogP contribution < -0.4 is 0 Å². The Morgan fingerprint density at radius 2 is 1.93 bits per heavy atom. The maximum absolute atomic E-state index is 10.7. The number of carbonyl (C=O) groups excluding carboxylic acids is 1. The second-order valence-electron chi connectivity index (χ2n) is 4.23. The van der Waals surface area contributed by atoms with Crippen molar-refractivity contribution in [2.45, 2.75) is 26.2 Å². The molecule has 0 amide bonds. The minimum atomic E-state index is -0.193. The molecule has 14 heavy (non-hydrogen) atoms. The summed E-state index contributed by atoms with van der Waals surface area (Å²) in [6.07, 6.45) is 0.777. The topological polar surface area (TPSA) is 37.3 Å². The third-order valence-electron chi connectivity index (χ3n) is 2.03. The number of hydrogen-bond acceptors (Lipinski definition) is 2. The van der Waals surface area contributed by atoms with Gasteiger partial charge >= 0.3 is 0 Å². The van der Waals surface area contributed by atoms with Gasteiger partial charge < -0.3 is 5.11 Å². The highest BCUT2D eigenvalue weighted by molar-refractivity contribution is 9.10. The van der Waals surface area contributed by atoms with Gasteiger partial charge in [-0.3, -0.25) is 4.79 Å². The van der Waals surface area contributed by atoms with E-state index in [-0.39, 0.29) is 11.2 Å². The molecule has 0 heterocycles. The van der Waals surface area contributed by atoms with Crippen LogP contribution >= 0.6 is 15.9 Å². The summed E-state index contributed by atoms with van der Waals surface area (Å²) in [6, 6.07) is 3.15. The molecule has 0 bridgehead atoms. The average Bonchev–Trinajstić information content (AvgIpc) is 2.02. The highest BCUT2D eigenvalue weighted by Gasteiger charge is 2.22. The van der Waals surface area contributed by atoms with Gasteiger partial charge in [0.15, 0.2) is 6.29 Å². The lowest BCUT2D eigenvalue weighted by Gasteiger charge is -2.22. The number of rotatable bonds is 1. The zero-order valence-electron chi connectivity index (χ0n) is 8.47. The molecule has 0 saturated heterocycles. The molecular formula is C11H13BrO2. The minimum absolute atomic E-state index is 0.193. The summed E-state index contributed by atoms with van der Waals surface area (Å²) in [5.74, 6) is 0.218. The second kappa shape index (κ2) is 3.73. The van der Waals surface area contributed by atoms with Crippen LogP contribution in [0.15, 0.2) is 16.6 Å². The fraction of sp³-hybridized carbons (Fsp3) is 0.364. The fourth-order valence-electron chi connectivity index (χ4n) is 1.39. The Labute approximate surface area is 92.1 Å². The van der Waals surface area contributed by atoms with Gasteiger partial charge in [-0.15, -0.1) is 0 Å². The Hall–Kier alpha value is -0.830. The van der Waals surface area contributed by atoms with E-state index in [1.165, 1.54) is 0 Å². The van der Waals surface area contributed by atoms with Gasteiger partial charge in [-0.25, -0.2) is 0 Å². The van der Waals surface area contributed by atoms with E-state index in [4.69, 9.17) is 0 Å². The molecule has 0 aliphatic rings. The molecule has 1 aromatic carbocycles. The van der Waals surface area contributed by atoms with Crippen molar-refractivity contribution < 1.29 is 9.90 Å². The van der Waals surface area contributed by atoms with Crippen molar-refractivity contribution in [1.29, 1.82) is 0 Å². The van der Waals surface area contributed by atoms with Crippen molar-refractivity contribution >= 4 is 22.2 Å². The quantitative estimate of drug-likeness (QED) is 0.784. The maximum Gasteiger partial charge on any atom is 0.151 e. The van der Waals surface area contributed by atoms with Crippen LogP contribution in [0.3, 0.4) is 0 Å². The van der Waals surface area contributed by atoms with Crippen molar-refractivity contribution in [1.82, 2.24) is 0 Å². The molecule has 1 aromatic rings. The number of phenols is 1. The van der Waals surface area contributed by atoms with Crippen LogP contribution in [0.4, 0.5) is 0 Å². The van der Waals surface area contributed by atoms with E-state index in [0.717, 1.165) is 11.8 Å². The molecule has 0 fully saturated rings. The van der Waals surface area contributed by atoms with E-state index >= 15 is 0 Å². The van der Waals surface area contributed by atoms with Gasteiger partial charge in [-0.1, -0.05) is 20.8 Å². The highest BCUT2D eigenvalue weighted by Crippen LogP contribution is 2.37. The summed E-state index contributed by atoms with van der Waals surface area (Å²) in [7, 11) is 0. The molecule has 1 rings (SSSR count). The number of carbonyl (C=O) groups is 1. The van der Waals surface area contributed by atoms with Gasteiger partial charge in [0.25, 0.3) is 0 Å².